The lowest BCUT2D eigenvalue weighted by atomic mass is 10.1. The van der Waals surface area contributed by atoms with Gasteiger partial charge in [0.05, 0.1) is 5.75 Å². The SMILES string of the molecule is CCCCS(=O)(=O)NCc1ccc(C(=O)N(C)C(C)C)cc1. The topological polar surface area (TPSA) is 66.5 Å². The van der Waals surface area contributed by atoms with Gasteiger partial charge >= 0.3 is 0 Å². The van der Waals surface area contributed by atoms with Crippen LogP contribution in [0.5, 0.6) is 0 Å². The third-order valence-corrected chi connectivity index (χ3v) is 4.97. The molecule has 0 saturated heterocycles. The zero-order valence-electron chi connectivity index (χ0n) is 13.8. The minimum Gasteiger partial charge on any atom is -0.339 e. The average Bonchev–Trinajstić information content (AvgIpc) is 2.50. The minimum absolute atomic E-state index is 0.0370. The number of rotatable bonds is 8. The predicted molar refractivity (Wildman–Crippen MR) is 89.2 cm³/mol. The van der Waals surface area contributed by atoms with Gasteiger partial charge in [-0.2, -0.15) is 0 Å². The molecule has 0 aliphatic rings. The molecule has 5 nitrogen and oxygen atoms in total. The molecule has 0 fully saturated rings. The van der Waals surface area contributed by atoms with Crippen molar-refractivity contribution >= 4 is 15.9 Å². The fraction of sp³-hybridized carbons (Fsp3) is 0.562. The summed E-state index contributed by atoms with van der Waals surface area (Å²) in [7, 11) is -1.45. The number of nitrogens with one attached hydrogen (secondary N) is 1. The molecule has 1 aromatic rings. The molecule has 0 heterocycles. The fourth-order valence-electron chi connectivity index (χ4n) is 1.80. The van der Waals surface area contributed by atoms with Crippen molar-refractivity contribution in [2.45, 2.75) is 46.2 Å². The van der Waals surface area contributed by atoms with Crippen molar-refractivity contribution in [2.24, 2.45) is 0 Å². The van der Waals surface area contributed by atoms with E-state index in [1.807, 2.05) is 20.8 Å². The van der Waals surface area contributed by atoms with E-state index in [1.165, 1.54) is 0 Å². The fourth-order valence-corrected chi connectivity index (χ4v) is 3.00. The Morgan fingerprint density at radius 1 is 1.23 bits per heavy atom. The molecule has 0 bridgehead atoms. The highest BCUT2D eigenvalue weighted by atomic mass is 32.2. The summed E-state index contributed by atoms with van der Waals surface area (Å²) in [6.07, 6.45) is 1.51. The largest absolute Gasteiger partial charge is 0.339 e. The van der Waals surface area contributed by atoms with Crippen molar-refractivity contribution in [3.05, 3.63) is 35.4 Å². The van der Waals surface area contributed by atoms with E-state index in [2.05, 4.69) is 4.72 Å². The molecular formula is C16H26N2O3S. The number of unbranched alkanes of at least 4 members (excludes halogenated alkanes) is 1. The van der Waals surface area contributed by atoms with Crippen LogP contribution in [0, 0.1) is 0 Å². The van der Waals surface area contributed by atoms with Crippen LogP contribution < -0.4 is 4.72 Å². The van der Waals surface area contributed by atoms with E-state index in [0.717, 1.165) is 12.0 Å². The smallest absolute Gasteiger partial charge is 0.253 e. The van der Waals surface area contributed by atoms with Gasteiger partial charge in [0.25, 0.3) is 5.91 Å². The summed E-state index contributed by atoms with van der Waals surface area (Å²) in [5.74, 6) is 0.115. The second kappa shape index (κ2) is 8.29. The van der Waals surface area contributed by atoms with Gasteiger partial charge < -0.3 is 4.90 Å². The summed E-state index contributed by atoms with van der Waals surface area (Å²) in [5, 5.41) is 0. The van der Waals surface area contributed by atoms with Gasteiger partial charge in [0.15, 0.2) is 0 Å². The lowest BCUT2D eigenvalue weighted by Crippen LogP contribution is -2.33. The number of carbonyl (C=O) groups is 1. The van der Waals surface area contributed by atoms with Crippen LogP contribution in [0.1, 0.15) is 49.5 Å². The highest BCUT2D eigenvalue weighted by Crippen LogP contribution is 2.09. The maximum absolute atomic E-state index is 12.1. The van der Waals surface area contributed by atoms with Crippen LogP contribution in [0.3, 0.4) is 0 Å². The van der Waals surface area contributed by atoms with Crippen LogP contribution in [0.25, 0.3) is 0 Å². The van der Waals surface area contributed by atoms with E-state index in [-0.39, 0.29) is 24.2 Å². The molecule has 1 amide bonds. The second-order valence-electron chi connectivity index (χ2n) is 5.70. The Bertz CT molecular complexity index is 580. The number of hydrogen-bond donors (Lipinski definition) is 1. The van der Waals surface area contributed by atoms with E-state index in [0.29, 0.717) is 12.0 Å². The van der Waals surface area contributed by atoms with E-state index in [4.69, 9.17) is 0 Å². The van der Waals surface area contributed by atoms with Gasteiger partial charge in [0, 0.05) is 25.2 Å². The Balaban J connectivity index is 2.64. The van der Waals surface area contributed by atoms with Crippen LogP contribution >= 0.6 is 0 Å². The van der Waals surface area contributed by atoms with Crippen molar-refractivity contribution in [1.82, 2.24) is 9.62 Å². The standard InChI is InChI=1S/C16H26N2O3S/c1-5-6-11-22(20,21)17-12-14-7-9-15(10-8-14)16(19)18(4)13(2)3/h7-10,13,17H,5-6,11-12H2,1-4H3. The van der Waals surface area contributed by atoms with Crippen LogP contribution in [-0.4, -0.2) is 38.1 Å². The van der Waals surface area contributed by atoms with E-state index < -0.39 is 10.0 Å². The van der Waals surface area contributed by atoms with Crippen molar-refractivity contribution in [2.75, 3.05) is 12.8 Å². The number of carbonyl (C=O) groups excluding carboxylic acids is 1. The third kappa shape index (κ3) is 5.77. The maximum atomic E-state index is 12.1. The molecule has 6 heteroatoms. The molecule has 0 aromatic heterocycles. The molecule has 0 radical (unpaired) electrons. The van der Waals surface area contributed by atoms with Gasteiger partial charge in [-0.05, 0) is 38.0 Å². The van der Waals surface area contributed by atoms with Crippen molar-refractivity contribution in [3.8, 4) is 0 Å². The highest BCUT2D eigenvalue weighted by molar-refractivity contribution is 7.89. The minimum atomic E-state index is -3.22. The molecule has 0 saturated carbocycles. The summed E-state index contributed by atoms with van der Waals surface area (Å²) in [6, 6.07) is 7.17. The first-order valence-electron chi connectivity index (χ1n) is 7.60. The number of benzene rings is 1. The van der Waals surface area contributed by atoms with Crippen LogP contribution in [0.4, 0.5) is 0 Å². The van der Waals surface area contributed by atoms with Crippen molar-refractivity contribution < 1.29 is 13.2 Å². The van der Waals surface area contributed by atoms with Gasteiger partial charge in [0.1, 0.15) is 0 Å². The predicted octanol–water partition coefficient (Wildman–Crippen LogP) is 2.39. The molecule has 0 unspecified atom stereocenters. The quantitative estimate of drug-likeness (QED) is 0.797. The molecule has 1 rings (SSSR count). The van der Waals surface area contributed by atoms with Crippen LogP contribution in [0.2, 0.25) is 0 Å². The van der Waals surface area contributed by atoms with Crippen LogP contribution in [0.15, 0.2) is 24.3 Å². The molecule has 1 aromatic carbocycles. The third-order valence-electron chi connectivity index (χ3n) is 3.56. The Labute approximate surface area is 133 Å². The molecule has 0 atom stereocenters. The number of hydrogen-bond acceptors (Lipinski definition) is 3. The maximum Gasteiger partial charge on any atom is 0.253 e. The number of sulfonamides is 1. The molecular weight excluding hydrogens is 300 g/mol. The van der Waals surface area contributed by atoms with Gasteiger partial charge in [-0.15, -0.1) is 0 Å². The first-order chi connectivity index (χ1) is 10.3. The first kappa shape index (κ1) is 18.6. The summed E-state index contributed by atoms with van der Waals surface area (Å²) >= 11 is 0. The zero-order valence-corrected chi connectivity index (χ0v) is 14.6. The normalized spacial score (nSPS) is 11.7. The summed E-state index contributed by atoms with van der Waals surface area (Å²) < 4.78 is 26.0. The van der Waals surface area contributed by atoms with Crippen molar-refractivity contribution in [3.63, 3.8) is 0 Å². The van der Waals surface area contributed by atoms with E-state index >= 15 is 0 Å². The van der Waals surface area contributed by atoms with Crippen molar-refractivity contribution in [1.29, 1.82) is 0 Å². The molecule has 0 aliphatic heterocycles. The lowest BCUT2D eigenvalue weighted by Gasteiger charge is -2.21. The summed E-state index contributed by atoms with van der Waals surface area (Å²) in [5.41, 5.74) is 1.44. The molecule has 0 aliphatic carbocycles. The highest BCUT2D eigenvalue weighted by Gasteiger charge is 2.14. The van der Waals surface area contributed by atoms with Gasteiger partial charge in [-0.25, -0.2) is 13.1 Å². The lowest BCUT2D eigenvalue weighted by molar-refractivity contribution is 0.0755. The Morgan fingerprint density at radius 2 is 1.82 bits per heavy atom. The summed E-state index contributed by atoms with van der Waals surface area (Å²) in [6.45, 7) is 6.12. The molecule has 0 spiro atoms. The monoisotopic (exact) mass is 326 g/mol. The Morgan fingerprint density at radius 3 is 2.32 bits per heavy atom. The van der Waals surface area contributed by atoms with Gasteiger partial charge in [-0.3, -0.25) is 4.79 Å². The summed E-state index contributed by atoms with van der Waals surface area (Å²) in [4.78, 5) is 13.8. The molecule has 124 valence electrons. The number of amides is 1. The number of nitrogens with zero attached hydrogens (tertiary/aromatic N) is 1. The Hall–Kier alpha value is -1.40. The second-order valence-corrected chi connectivity index (χ2v) is 7.63. The van der Waals surface area contributed by atoms with E-state index in [1.54, 1.807) is 36.2 Å². The molecule has 1 N–H and O–H groups in total. The average molecular weight is 326 g/mol. The van der Waals surface area contributed by atoms with Crippen LogP contribution in [-0.2, 0) is 16.6 Å². The Kier molecular flexibility index (Phi) is 7.03. The van der Waals surface area contributed by atoms with E-state index in [9.17, 15) is 13.2 Å². The molecule has 22 heavy (non-hydrogen) atoms. The first-order valence-corrected chi connectivity index (χ1v) is 9.25. The van der Waals surface area contributed by atoms with Gasteiger partial charge in [0.2, 0.25) is 10.0 Å². The van der Waals surface area contributed by atoms with Gasteiger partial charge in [-0.1, -0.05) is 25.5 Å². The zero-order chi connectivity index (χ0) is 16.8.